The van der Waals surface area contributed by atoms with Crippen LogP contribution in [-0.4, -0.2) is 35.6 Å². The maximum absolute atomic E-state index is 6.19. The number of aromatic nitrogens is 1. The second-order valence-electron chi connectivity index (χ2n) is 5.47. The van der Waals surface area contributed by atoms with Gasteiger partial charge in [0.25, 0.3) is 0 Å². The highest BCUT2D eigenvalue weighted by Gasteiger charge is 2.18. The second-order valence-corrected chi connectivity index (χ2v) is 6.21. The molecule has 0 saturated carbocycles. The molecule has 1 aromatic heterocycles. The number of hydrogen-bond acceptors (Lipinski definition) is 3. The molecule has 1 fully saturated rings. The molecule has 0 spiro atoms. The Bertz CT molecular complexity index is 420. The summed E-state index contributed by atoms with van der Waals surface area (Å²) in [4.78, 5) is 6.60. The average molecular weight is 316 g/mol. The molecular weight excluding hydrogens is 293 g/mol. The van der Waals surface area contributed by atoms with Crippen molar-refractivity contribution < 1.29 is 0 Å². The fourth-order valence-electron chi connectivity index (χ4n) is 2.64. The standard InChI is InChI=1S/C15H23Cl2N3/c1-2-3-9-20(11-13-5-4-8-18-13)10-12-6-7-14(16)19-15(12)17/h6-7,13,18H,2-5,8-11H2,1H3. The highest BCUT2D eigenvalue weighted by atomic mass is 35.5. The Morgan fingerprint density at radius 2 is 2.25 bits per heavy atom. The van der Waals surface area contributed by atoms with Crippen molar-refractivity contribution in [1.82, 2.24) is 15.2 Å². The van der Waals surface area contributed by atoms with Crippen molar-refractivity contribution in [3.63, 3.8) is 0 Å². The summed E-state index contributed by atoms with van der Waals surface area (Å²) in [6.07, 6.45) is 4.98. The van der Waals surface area contributed by atoms with E-state index in [1.165, 1.54) is 25.7 Å². The Morgan fingerprint density at radius 1 is 1.40 bits per heavy atom. The van der Waals surface area contributed by atoms with Gasteiger partial charge in [0.2, 0.25) is 0 Å². The Balaban J connectivity index is 1.97. The van der Waals surface area contributed by atoms with Crippen molar-refractivity contribution in [2.24, 2.45) is 0 Å². The molecule has 1 atom stereocenters. The van der Waals surface area contributed by atoms with E-state index in [1.54, 1.807) is 0 Å². The number of pyridine rings is 1. The third-order valence-corrected chi connectivity index (χ3v) is 4.29. The van der Waals surface area contributed by atoms with Gasteiger partial charge in [0.05, 0.1) is 0 Å². The summed E-state index contributed by atoms with van der Waals surface area (Å²) in [6, 6.07) is 4.42. The third kappa shape index (κ3) is 4.88. The van der Waals surface area contributed by atoms with E-state index in [1.807, 2.05) is 12.1 Å². The fourth-order valence-corrected chi connectivity index (χ4v) is 3.05. The van der Waals surface area contributed by atoms with Crippen molar-refractivity contribution >= 4 is 23.2 Å². The van der Waals surface area contributed by atoms with Gasteiger partial charge in [-0.05, 0) is 38.4 Å². The predicted molar refractivity (Wildman–Crippen MR) is 85.5 cm³/mol. The number of nitrogens with zero attached hydrogens (tertiary/aromatic N) is 2. The molecule has 0 aliphatic carbocycles. The normalized spacial score (nSPS) is 18.9. The highest BCUT2D eigenvalue weighted by Crippen LogP contribution is 2.19. The molecule has 1 unspecified atom stereocenters. The van der Waals surface area contributed by atoms with Crippen LogP contribution in [0.1, 0.15) is 38.2 Å². The molecule has 112 valence electrons. The van der Waals surface area contributed by atoms with Gasteiger partial charge in [-0.1, -0.05) is 42.6 Å². The van der Waals surface area contributed by atoms with Gasteiger partial charge in [0.1, 0.15) is 10.3 Å². The summed E-state index contributed by atoms with van der Waals surface area (Å²) >= 11 is 12.0. The molecule has 1 aliphatic heterocycles. The van der Waals surface area contributed by atoms with Gasteiger partial charge in [0.15, 0.2) is 0 Å². The monoisotopic (exact) mass is 315 g/mol. The fraction of sp³-hybridized carbons (Fsp3) is 0.667. The van der Waals surface area contributed by atoms with Gasteiger partial charge < -0.3 is 5.32 Å². The van der Waals surface area contributed by atoms with Crippen LogP contribution in [0.5, 0.6) is 0 Å². The largest absolute Gasteiger partial charge is 0.313 e. The quantitative estimate of drug-likeness (QED) is 0.777. The molecular formula is C15H23Cl2N3. The van der Waals surface area contributed by atoms with Gasteiger partial charge >= 0.3 is 0 Å². The molecule has 1 aliphatic rings. The van der Waals surface area contributed by atoms with Crippen LogP contribution in [0.15, 0.2) is 12.1 Å². The summed E-state index contributed by atoms with van der Waals surface area (Å²) in [5.74, 6) is 0. The lowest BCUT2D eigenvalue weighted by Gasteiger charge is -2.26. The molecule has 1 N–H and O–H groups in total. The number of unbranched alkanes of at least 4 members (excludes halogenated alkanes) is 1. The van der Waals surface area contributed by atoms with E-state index in [0.29, 0.717) is 16.3 Å². The van der Waals surface area contributed by atoms with Gasteiger partial charge in [-0.2, -0.15) is 0 Å². The molecule has 1 aromatic rings. The summed E-state index contributed by atoms with van der Waals surface area (Å²) in [7, 11) is 0. The summed E-state index contributed by atoms with van der Waals surface area (Å²) in [6.45, 7) is 6.41. The van der Waals surface area contributed by atoms with E-state index in [0.717, 1.165) is 31.7 Å². The predicted octanol–water partition coefficient (Wildman–Crippen LogP) is 3.74. The van der Waals surface area contributed by atoms with Crippen LogP contribution in [-0.2, 0) is 6.54 Å². The van der Waals surface area contributed by atoms with Crippen LogP contribution < -0.4 is 5.32 Å². The lowest BCUT2D eigenvalue weighted by molar-refractivity contribution is 0.237. The molecule has 1 saturated heterocycles. The Labute approximate surface area is 131 Å². The van der Waals surface area contributed by atoms with E-state index < -0.39 is 0 Å². The van der Waals surface area contributed by atoms with E-state index in [9.17, 15) is 0 Å². The zero-order valence-corrected chi connectivity index (χ0v) is 13.6. The highest BCUT2D eigenvalue weighted by molar-refractivity contribution is 6.32. The molecule has 0 amide bonds. The smallest absolute Gasteiger partial charge is 0.135 e. The minimum absolute atomic E-state index is 0.455. The van der Waals surface area contributed by atoms with Gasteiger partial charge in [-0.3, -0.25) is 4.90 Å². The van der Waals surface area contributed by atoms with E-state index in [2.05, 4.69) is 22.1 Å². The first-order valence-corrected chi connectivity index (χ1v) is 8.21. The minimum Gasteiger partial charge on any atom is -0.313 e. The van der Waals surface area contributed by atoms with Crippen LogP contribution >= 0.6 is 23.2 Å². The van der Waals surface area contributed by atoms with Gasteiger partial charge in [-0.15, -0.1) is 0 Å². The van der Waals surface area contributed by atoms with E-state index in [4.69, 9.17) is 23.2 Å². The zero-order valence-electron chi connectivity index (χ0n) is 12.0. The molecule has 0 aromatic carbocycles. The number of rotatable bonds is 7. The van der Waals surface area contributed by atoms with Crippen LogP contribution in [0, 0.1) is 0 Å². The number of halogens is 2. The van der Waals surface area contributed by atoms with Crippen molar-refractivity contribution in [3.05, 3.63) is 28.0 Å². The Morgan fingerprint density at radius 3 is 2.90 bits per heavy atom. The first-order chi connectivity index (χ1) is 9.69. The molecule has 2 rings (SSSR count). The molecule has 0 bridgehead atoms. The first kappa shape index (κ1) is 16.0. The van der Waals surface area contributed by atoms with Gasteiger partial charge in [-0.25, -0.2) is 4.98 Å². The van der Waals surface area contributed by atoms with Crippen molar-refractivity contribution in [2.75, 3.05) is 19.6 Å². The topological polar surface area (TPSA) is 28.2 Å². The number of hydrogen-bond donors (Lipinski definition) is 1. The summed E-state index contributed by atoms with van der Waals surface area (Å²) < 4.78 is 0. The average Bonchev–Trinajstić information content (AvgIpc) is 2.92. The van der Waals surface area contributed by atoms with E-state index >= 15 is 0 Å². The van der Waals surface area contributed by atoms with Crippen LogP contribution in [0.2, 0.25) is 10.3 Å². The molecule has 0 radical (unpaired) electrons. The Kier molecular flexibility index (Phi) is 6.56. The molecule has 20 heavy (non-hydrogen) atoms. The zero-order chi connectivity index (χ0) is 14.4. The second kappa shape index (κ2) is 8.18. The van der Waals surface area contributed by atoms with Crippen LogP contribution in [0.4, 0.5) is 0 Å². The minimum atomic E-state index is 0.455. The number of nitrogens with one attached hydrogen (secondary N) is 1. The van der Waals surface area contributed by atoms with E-state index in [-0.39, 0.29) is 0 Å². The SMILES string of the molecule is CCCCN(Cc1ccc(Cl)nc1Cl)CC1CCCN1. The van der Waals surface area contributed by atoms with Crippen molar-refractivity contribution in [1.29, 1.82) is 0 Å². The lowest BCUT2D eigenvalue weighted by atomic mass is 10.2. The van der Waals surface area contributed by atoms with Gasteiger partial charge in [0, 0.05) is 24.7 Å². The lowest BCUT2D eigenvalue weighted by Crippen LogP contribution is -2.37. The first-order valence-electron chi connectivity index (χ1n) is 7.45. The summed E-state index contributed by atoms with van der Waals surface area (Å²) in [5.41, 5.74) is 1.06. The van der Waals surface area contributed by atoms with Crippen molar-refractivity contribution in [3.8, 4) is 0 Å². The molecule has 3 nitrogen and oxygen atoms in total. The third-order valence-electron chi connectivity index (χ3n) is 3.75. The molecule has 2 heterocycles. The maximum atomic E-state index is 6.19. The molecule has 5 heteroatoms. The van der Waals surface area contributed by atoms with Crippen molar-refractivity contribution in [2.45, 2.75) is 45.2 Å². The summed E-state index contributed by atoms with van der Waals surface area (Å²) in [5, 5.41) is 4.54. The van der Waals surface area contributed by atoms with Crippen LogP contribution in [0.3, 0.4) is 0 Å². The Hall–Kier alpha value is -0.350. The van der Waals surface area contributed by atoms with Crippen LogP contribution in [0.25, 0.3) is 0 Å². The maximum Gasteiger partial charge on any atom is 0.135 e.